The van der Waals surface area contributed by atoms with Crippen LogP contribution in [0.25, 0.3) is 11.1 Å². The number of amides is 3. The number of esters is 1. The Morgan fingerprint density at radius 3 is 2.02 bits per heavy atom. The smallest absolute Gasteiger partial charge is 0.407 e. The van der Waals surface area contributed by atoms with E-state index in [4.69, 9.17) is 19.0 Å². The van der Waals surface area contributed by atoms with E-state index < -0.39 is 41.2 Å². The standard InChI is InChI=1S/C33H40N4O8.HI/c1-32(2,3)43-30(40)27(45-37-28(38)25-11-8-9-12-26(25)29(37)39)21-42-24-15-13-22(14-16-24)23-19-35(7)36(20-23)18-10-17-34-31(41)44-33(4,5)6;/h8-9,11-16,19-20,27H,10,17-18,21H2,1-7H3;1H/t27-;/m0./s1. The molecule has 2 heterocycles. The minimum atomic E-state index is -1.39. The van der Waals surface area contributed by atoms with Crippen LogP contribution in [0.15, 0.2) is 60.9 Å². The molecule has 4 rings (SSSR count). The average molecular weight is 749 g/mol. The number of aryl methyl sites for hydroxylation is 2. The van der Waals surface area contributed by atoms with Gasteiger partial charge in [-0.05, 0) is 77.8 Å². The quantitative estimate of drug-likeness (QED) is 0.102. The first kappa shape index (κ1) is 36.5. The number of hydrogen-bond acceptors (Lipinski definition) is 8. The van der Waals surface area contributed by atoms with E-state index in [1.165, 1.54) is 12.1 Å². The molecule has 1 aromatic heterocycles. The van der Waals surface area contributed by atoms with E-state index in [-0.39, 0.29) is 41.7 Å². The summed E-state index contributed by atoms with van der Waals surface area (Å²) in [5, 5.41) is 3.36. The van der Waals surface area contributed by atoms with E-state index in [9.17, 15) is 19.2 Å². The third-order valence-corrected chi connectivity index (χ3v) is 6.50. The maximum Gasteiger partial charge on any atom is 0.407 e. The summed E-state index contributed by atoms with van der Waals surface area (Å²) >= 11 is 0. The lowest BCUT2D eigenvalue weighted by Gasteiger charge is -2.26. The summed E-state index contributed by atoms with van der Waals surface area (Å²) in [4.78, 5) is 56.2. The van der Waals surface area contributed by atoms with Gasteiger partial charge < -0.3 is 43.5 Å². The molecular formula is C33H41IN4O8. The second-order valence-corrected chi connectivity index (χ2v) is 12.6. The van der Waals surface area contributed by atoms with Crippen LogP contribution in [0.1, 0.15) is 68.7 Å². The molecule has 3 aromatic rings. The molecule has 0 unspecified atom stereocenters. The van der Waals surface area contributed by atoms with Crippen LogP contribution in [0.4, 0.5) is 4.79 Å². The van der Waals surface area contributed by atoms with Gasteiger partial charge in [-0.1, -0.05) is 24.3 Å². The highest BCUT2D eigenvalue weighted by molar-refractivity contribution is 6.20. The molecule has 12 nitrogen and oxygen atoms in total. The van der Waals surface area contributed by atoms with E-state index in [2.05, 4.69) is 5.32 Å². The summed E-state index contributed by atoms with van der Waals surface area (Å²) in [6, 6.07) is 13.6. The zero-order valence-electron chi connectivity index (χ0n) is 27.2. The molecule has 0 fully saturated rings. The molecule has 0 saturated carbocycles. The Kier molecular flexibility index (Phi) is 12.0. The van der Waals surface area contributed by atoms with Crippen LogP contribution < -0.4 is 38.7 Å². The van der Waals surface area contributed by atoms with Crippen LogP contribution in [0.3, 0.4) is 0 Å². The number of halogens is 1. The highest BCUT2D eigenvalue weighted by Crippen LogP contribution is 2.25. The van der Waals surface area contributed by atoms with Crippen LogP contribution in [0.5, 0.6) is 5.75 Å². The van der Waals surface area contributed by atoms with Crippen molar-refractivity contribution in [2.45, 2.75) is 71.8 Å². The Morgan fingerprint density at radius 2 is 1.46 bits per heavy atom. The minimum absolute atomic E-state index is 0. The van der Waals surface area contributed by atoms with Crippen LogP contribution in [-0.2, 0) is 32.7 Å². The zero-order valence-corrected chi connectivity index (χ0v) is 29.3. The molecular weight excluding hydrogens is 707 g/mol. The summed E-state index contributed by atoms with van der Waals surface area (Å²) in [5.74, 6) is -1.64. The fourth-order valence-electron chi connectivity index (χ4n) is 4.49. The third-order valence-electron chi connectivity index (χ3n) is 6.50. The summed E-state index contributed by atoms with van der Waals surface area (Å²) in [5.41, 5.74) is 0.938. The predicted octanol–water partition coefficient (Wildman–Crippen LogP) is 1.22. The number of alkyl carbamates (subject to hydrolysis) is 1. The van der Waals surface area contributed by atoms with E-state index in [1.807, 2.05) is 61.7 Å². The lowest BCUT2D eigenvalue weighted by atomic mass is 10.1. The highest BCUT2D eigenvalue weighted by Gasteiger charge is 2.40. The molecule has 248 valence electrons. The number of fused-ring (bicyclic) bond motifs is 1. The molecule has 1 aliphatic rings. The zero-order chi connectivity index (χ0) is 32.9. The number of carbonyl (C=O) groups is 4. The Bertz CT molecular complexity index is 1520. The van der Waals surface area contributed by atoms with Crippen LogP contribution in [-0.4, -0.2) is 64.1 Å². The number of hydroxylamine groups is 2. The topological polar surface area (TPSA) is 129 Å². The largest absolute Gasteiger partial charge is 1.00 e. The number of aromatic nitrogens is 2. The number of nitrogens with zero attached hydrogens (tertiary/aromatic N) is 3. The second-order valence-electron chi connectivity index (χ2n) is 12.6. The van der Waals surface area contributed by atoms with Gasteiger partial charge >= 0.3 is 12.1 Å². The molecule has 3 amide bonds. The van der Waals surface area contributed by atoms with Gasteiger partial charge in [-0.15, -0.1) is 9.75 Å². The molecule has 0 radical (unpaired) electrons. The Labute approximate surface area is 285 Å². The molecule has 1 atom stereocenters. The second kappa shape index (κ2) is 15.1. The maximum atomic E-state index is 13.0. The molecule has 1 aliphatic heterocycles. The Morgan fingerprint density at radius 1 is 0.870 bits per heavy atom. The van der Waals surface area contributed by atoms with Crippen LogP contribution in [0.2, 0.25) is 0 Å². The highest BCUT2D eigenvalue weighted by atomic mass is 127. The minimum Gasteiger partial charge on any atom is -1.00 e. The van der Waals surface area contributed by atoms with Gasteiger partial charge in [-0.25, -0.2) is 14.4 Å². The van der Waals surface area contributed by atoms with Gasteiger partial charge in [0.2, 0.25) is 12.3 Å². The number of imide groups is 1. The van der Waals surface area contributed by atoms with Gasteiger partial charge in [0.25, 0.3) is 11.8 Å². The first-order chi connectivity index (χ1) is 21.1. The summed E-state index contributed by atoms with van der Waals surface area (Å²) < 4.78 is 20.6. The van der Waals surface area contributed by atoms with Crippen molar-refractivity contribution in [3.63, 3.8) is 0 Å². The number of rotatable bonds is 11. The fraction of sp³-hybridized carbons (Fsp3) is 0.424. The molecule has 0 spiro atoms. The van der Waals surface area contributed by atoms with Crippen molar-refractivity contribution in [2.24, 2.45) is 7.05 Å². The van der Waals surface area contributed by atoms with Crippen LogP contribution in [0, 0.1) is 0 Å². The molecule has 0 aliphatic carbocycles. The van der Waals surface area contributed by atoms with Crippen molar-refractivity contribution >= 4 is 23.9 Å². The monoisotopic (exact) mass is 748 g/mol. The van der Waals surface area contributed by atoms with Gasteiger partial charge in [0, 0.05) is 6.54 Å². The summed E-state index contributed by atoms with van der Waals surface area (Å²) in [6.45, 7) is 11.5. The molecule has 1 N–H and O–H groups in total. The summed E-state index contributed by atoms with van der Waals surface area (Å²) in [6.07, 6.45) is 2.90. The van der Waals surface area contributed by atoms with Gasteiger partial charge in [0.15, 0.2) is 7.05 Å². The van der Waals surface area contributed by atoms with Crippen molar-refractivity contribution < 1.29 is 66.9 Å². The van der Waals surface area contributed by atoms with Gasteiger partial charge in [-0.2, -0.15) is 4.68 Å². The number of carbonyl (C=O) groups excluding carboxylic acids is 4. The van der Waals surface area contributed by atoms with E-state index >= 15 is 0 Å². The van der Waals surface area contributed by atoms with Gasteiger partial charge in [0.1, 0.15) is 23.6 Å². The SMILES string of the molecule is C[n+]1cc(-c2ccc(OC[C@H](ON3C(=O)c4ccccc4C3=O)C(=O)OC(C)(C)C)cc2)cn1CCCNC(=O)OC(C)(C)C.[I-]. The number of benzene rings is 2. The molecule has 2 aromatic carbocycles. The normalized spacial score (nSPS) is 13.5. The predicted molar refractivity (Wildman–Crippen MR) is 163 cm³/mol. The lowest BCUT2D eigenvalue weighted by molar-refractivity contribution is -0.753. The molecule has 0 bridgehead atoms. The fourth-order valence-corrected chi connectivity index (χ4v) is 4.49. The average Bonchev–Trinajstić information content (AvgIpc) is 3.43. The number of nitrogens with one attached hydrogen (secondary N) is 1. The van der Waals surface area contributed by atoms with E-state index in [0.717, 1.165) is 17.5 Å². The lowest BCUT2D eigenvalue weighted by Crippen LogP contribution is -3.00. The molecule has 13 heteroatoms. The maximum absolute atomic E-state index is 13.0. The third kappa shape index (κ3) is 9.76. The van der Waals surface area contributed by atoms with Crippen molar-refractivity contribution in [3.8, 4) is 16.9 Å². The summed E-state index contributed by atoms with van der Waals surface area (Å²) in [7, 11) is 1.94. The Balaban J connectivity index is 0.00000576. The Hall–Kier alpha value is -3.98. The number of ether oxygens (including phenoxy) is 3. The molecule has 0 saturated heterocycles. The van der Waals surface area contributed by atoms with E-state index in [1.54, 1.807) is 45.0 Å². The number of hydrogen-bond donors (Lipinski definition) is 1. The molecule has 46 heavy (non-hydrogen) atoms. The first-order valence-corrected chi connectivity index (χ1v) is 14.7. The van der Waals surface area contributed by atoms with Crippen molar-refractivity contribution in [1.29, 1.82) is 0 Å². The van der Waals surface area contributed by atoms with Gasteiger partial charge in [0.05, 0.1) is 29.4 Å². The van der Waals surface area contributed by atoms with Crippen molar-refractivity contribution in [1.82, 2.24) is 15.1 Å². The van der Waals surface area contributed by atoms with E-state index in [0.29, 0.717) is 23.9 Å². The first-order valence-electron chi connectivity index (χ1n) is 14.7. The van der Waals surface area contributed by atoms with Gasteiger partial charge in [-0.3, -0.25) is 9.59 Å². The van der Waals surface area contributed by atoms with Crippen molar-refractivity contribution in [2.75, 3.05) is 13.2 Å². The van der Waals surface area contributed by atoms with Crippen LogP contribution >= 0.6 is 0 Å². The van der Waals surface area contributed by atoms with Crippen molar-refractivity contribution in [3.05, 3.63) is 72.1 Å².